The van der Waals surface area contributed by atoms with Crippen molar-refractivity contribution < 1.29 is 23.9 Å². The van der Waals surface area contributed by atoms with Crippen LogP contribution in [0.25, 0.3) is 0 Å². The van der Waals surface area contributed by atoms with Crippen LogP contribution in [0.3, 0.4) is 0 Å². The van der Waals surface area contributed by atoms with Gasteiger partial charge in [0.05, 0.1) is 42.1 Å². The van der Waals surface area contributed by atoms with Crippen molar-refractivity contribution in [2.45, 2.75) is 130 Å². The lowest BCUT2D eigenvalue weighted by atomic mass is 10.1. The van der Waals surface area contributed by atoms with Gasteiger partial charge < -0.3 is 20.1 Å². The van der Waals surface area contributed by atoms with Gasteiger partial charge in [0.1, 0.15) is 17.4 Å². The second kappa shape index (κ2) is 30.2. The van der Waals surface area contributed by atoms with E-state index in [4.69, 9.17) is 24.4 Å². The summed E-state index contributed by atoms with van der Waals surface area (Å²) in [4.78, 5) is 61.4. The maximum Gasteiger partial charge on any atom is 0.337 e. The largest absolute Gasteiger partial charge is 0.494 e. The van der Waals surface area contributed by atoms with Crippen molar-refractivity contribution in [2.24, 2.45) is 0 Å². The van der Waals surface area contributed by atoms with Crippen molar-refractivity contribution in [3.05, 3.63) is 178 Å². The molecule has 0 spiro atoms. The number of anilines is 1. The number of Topliss-reactive ketones (excluding diaryl/α,β-unsaturated/α-hetero) is 1. The molecule has 1 amide bonds. The molecular formula is C58H72N8O5. The fourth-order valence-corrected chi connectivity index (χ4v) is 8.35. The molecule has 0 bridgehead atoms. The Morgan fingerprint density at radius 2 is 1.15 bits per heavy atom. The Balaban J connectivity index is 1.21. The van der Waals surface area contributed by atoms with E-state index in [1.165, 1.54) is 7.11 Å². The van der Waals surface area contributed by atoms with Gasteiger partial charge in [-0.05, 0) is 122 Å². The molecular weight excluding hydrogens is 889 g/mol. The third-order valence-electron chi connectivity index (χ3n) is 11.9. The van der Waals surface area contributed by atoms with Crippen LogP contribution in [0, 0.1) is 0 Å². The average molecular weight is 961 g/mol. The van der Waals surface area contributed by atoms with Gasteiger partial charge in [-0.25, -0.2) is 9.78 Å². The molecule has 2 aromatic carbocycles. The van der Waals surface area contributed by atoms with Gasteiger partial charge in [0.15, 0.2) is 0 Å². The molecule has 6 rings (SSSR count). The number of methoxy groups -OCH3 is 1. The summed E-state index contributed by atoms with van der Waals surface area (Å²) in [5.41, 5.74) is 8.21. The first-order chi connectivity index (χ1) is 34.7. The monoisotopic (exact) mass is 961 g/mol. The van der Waals surface area contributed by atoms with E-state index in [-0.39, 0.29) is 17.7 Å². The third-order valence-corrected chi connectivity index (χ3v) is 11.9. The highest BCUT2D eigenvalue weighted by molar-refractivity contribution is 5.90. The number of pyridine rings is 4. The normalized spacial score (nSPS) is 11.2. The minimum absolute atomic E-state index is 0.0218. The van der Waals surface area contributed by atoms with Gasteiger partial charge in [-0.2, -0.15) is 0 Å². The molecule has 0 aliphatic carbocycles. The van der Waals surface area contributed by atoms with E-state index in [9.17, 15) is 14.4 Å². The minimum Gasteiger partial charge on any atom is -0.494 e. The van der Waals surface area contributed by atoms with E-state index >= 15 is 0 Å². The molecule has 0 atom stereocenters. The number of hydrogen-bond acceptors (Lipinski definition) is 12. The van der Waals surface area contributed by atoms with Crippen LogP contribution in [0.2, 0.25) is 0 Å². The van der Waals surface area contributed by atoms with Crippen LogP contribution < -0.4 is 15.4 Å². The van der Waals surface area contributed by atoms with E-state index < -0.39 is 0 Å². The zero-order chi connectivity index (χ0) is 49.9. The first-order valence-electron chi connectivity index (χ1n) is 25.4. The molecule has 0 aliphatic heterocycles. The number of carbonyl (C=O) groups is 3. The molecule has 13 nitrogen and oxygen atoms in total. The molecule has 0 fully saturated rings. The van der Waals surface area contributed by atoms with E-state index in [0.717, 1.165) is 109 Å². The highest BCUT2D eigenvalue weighted by Gasteiger charge is 2.17. The molecule has 0 saturated carbocycles. The SMILES string of the molecule is CCCCCC(=O)Cc1cccc(CN(Cc2cc(CN(Cc3ccccn3)Cc3cccc(NC(=O)CCCCC)n3)cc(OCCCCNCc3ccc(C(=O)OC)cc3)c2)Cc2ccccn2)n1. The fourth-order valence-electron chi connectivity index (χ4n) is 8.35. The summed E-state index contributed by atoms with van der Waals surface area (Å²) in [6.07, 6.45) is 12.8. The van der Waals surface area contributed by atoms with Gasteiger partial charge in [-0.1, -0.05) is 82.0 Å². The Morgan fingerprint density at radius 3 is 1.77 bits per heavy atom. The van der Waals surface area contributed by atoms with Crippen LogP contribution in [-0.4, -0.2) is 67.7 Å². The fraction of sp³-hybridized carbons (Fsp3) is 0.397. The Hall–Kier alpha value is -6.67. The molecule has 0 radical (unpaired) electrons. The van der Waals surface area contributed by atoms with Crippen molar-refractivity contribution in [2.75, 3.05) is 25.6 Å². The molecule has 0 saturated heterocycles. The maximum absolute atomic E-state index is 12.9. The molecule has 13 heteroatoms. The van der Waals surface area contributed by atoms with E-state index in [0.29, 0.717) is 83.1 Å². The lowest BCUT2D eigenvalue weighted by molar-refractivity contribution is -0.118. The number of esters is 1. The number of ether oxygens (including phenoxy) is 2. The summed E-state index contributed by atoms with van der Waals surface area (Å²) >= 11 is 0. The van der Waals surface area contributed by atoms with Crippen molar-refractivity contribution in [3.63, 3.8) is 0 Å². The highest BCUT2D eigenvalue weighted by Crippen LogP contribution is 2.24. The van der Waals surface area contributed by atoms with E-state index in [1.807, 2.05) is 97.3 Å². The van der Waals surface area contributed by atoms with Crippen LogP contribution in [-0.2, 0) is 66.6 Å². The third kappa shape index (κ3) is 19.9. The Kier molecular flexibility index (Phi) is 22.8. The van der Waals surface area contributed by atoms with Crippen molar-refractivity contribution in [1.29, 1.82) is 0 Å². The molecule has 0 aliphatic rings. The molecule has 4 heterocycles. The van der Waals surface area contributed by atoms with Gasteiger partial charge in [0, 0.05) is 83.2 Å². The number of ketones is 1. The first-order valence-corrected chi connectivity index (χ1v) is 25.4. The van der Waals surface area contributed by atoms with Crippen LogP contribution in [0.1, 0.15) is 134 Å². The summed E-state index contributed by atoms with van der Waals surface area (Å²) in [6, 6.07) is 37.7. The quantitative estimate of drug-likeness (QED) is 0.0306. The maximum atomic E-state index is 12.9. The van der Waals surface area contributed by atoms with Crippen LogP contribution in [0.5, 0.6) is 5.75 Å². The van der Waals surface area contributed by atoms with Gasteiger partial charge in [0.2, 0.25) is 5.91 Å². The summed E-state index contributed by atoms with van der Waals surface area (Å²) in [7, 11) is 1.39. The lowest BCUT2D eigenvalue weighted by Crippen LogP contribution is -2.25. The number of hydrogen-bond donors (Lipinski definition) is 2. The van der Waals surface area contributed by atoms with Gasteiger partial charge >= 0.3 is 5.97 Å². The molecule has 2 N–H and O–H groups in total. The second-order valence-corrected chi connectivity index (χ2v) is 18.2. The topological polar surface area (TPSA) is 152 Å². The number of unbranched alkanes of at least 4 members (excludes halogenated alkanes) is 5. The molecule has 4 aromatic heterocycles. The molecule has 6 aromatic rings. The predicted molar refractivity (Wildman–Crippen MR) is 279 cm³/mol. The molecule has 71 heavy (non-hydrogen) atoms. The number of aromatic nitrogens is 4. The van der Waals surface area contributed by atoms with Crippen molar-refractivity contribution in [1.82, 2.24) is 35.1 Å². The van der Waals surface area contributed by atoms with Crippen LogP contribution in [0.15, 0.2) is 128 Å². The van der Waals surface area contributed by atoms with Gasteiger partial charge in [0.25, 0.3) is 0 Å². The second-order valence-electron chi connectivity index (χ2n) is 18.2. The van der Waals surface area contributed by atoms with Gasteiger partial charge in [-0.3, -0.25) is 34.3 Å². The highest BCUT2D eigenvalue weighted by atomic mass is 16.5. The summed E-state index contributed by atoms with van der Waals surface area (Å²) in [5, 5.41) is 6.52. The number of amides is 1. The average Bonchev–Trinajstić information content (AvgIpc) is 3.37. The minimum atomic E-state index is -0.341. The zero-order valence-corrected chi connectivity index (χ0v) is 42.0. The molecule has 374 valence electrons. The lowest BCUT2D eigenvalue weighted by Gasteiger charge is -2.25. The number of benzene rings is 2. The Morgan fingerprint density at radius 1 is 0.563 bits per heavy atom. The zero-order valence-electron chi connectivity index (χ0n) is 42.0. The predicted octanol–water partition coefficient (Wildman–Crippen LogP) is 10.6. The number of nitrogens with one attached hydrogen (secondary N) is 2. The molecule has 0 unspecified atom stereocenters. The number of rotatable bonds is 32. The van der Waals surface area contributed by atoms with Crippen molar-refractivity contribution in [3.8, 4) is 5.75 Å². The Bertz CT molecular complexity index is 2390. The van der Waals surface area contributed by atoms with Crippen molar-refractivity contribution >= 4 is 23.5 Å². The van der Waals surface area contributed by atoms with E-state index in [2.05, 4.69) is 57.5 Å². The summed E-state index contributed by atoms with van der Waals surface area (Å²) < 4.78 is 11.4. The smallest absolute Gasteiger partial charge is 0.337 e. The number of carbonyl (C=O) groups excluding carboxylic acids is 3. The van der Waals surface area contributed by atoms with Crippen LogP contribution in [0.4, 0.5) is 5.82 Å². The first kappa shape index (κ1) is 53.7. The summed E-state index contributed by atoms with van der Waals surface area (Å²) in [5.74, 6) is 1.20. The standard InChI is InChI=1S/C58H72N8O5/c1-4-6-8-23-54(67)37-49-20-16-21-52(62-49)43-65(41-50-18-10-12-31-60-50)39-46-34-47(36-55(35-46)71-33-15-14-30-59-38-45-26-28-48(29-27-45)58(69)70-3)40-66(42-51-19-11-13-32-61-51)44-53-22-17-24-56(63-53)64-57(68)25-9-7-5-2/h10-13,16-22,24,26-29,31-32,34-36,59H,4-9,14-15,23,25,30,33,37-44H2,1-3H3,(H,63,64,68). The summed E-state index contributed by atoms with van der Waals surface area (Å²) in [6.45, 7) is 9.75. The Labute approximate surface area is 420 Å². The van der Waals surface area contributed by atoms with E-state index in [1.54, 1.807) is 12.1 Å². The number of nitrogens with zero attached hydrogens (tertiary/aromatic N) is 6. The van der Waals surface area contributed by atoms with Crippen LogP contribution >= 0.6 is 0 Å². The van der Waals surface area contributed by atoms with Gasteiger partial charge in [-0.15, -0.1) is 0 Å².